The molecule has 0 spiro atoms. The highest BCUT2D eigenvalue weighted by Crippen LogP contribution is 2.31. The maximum absolute atomic E-state index is 12.3. The summed E-state index contributed by atoms with van der Waals surface area (Å²) in [5, 5.41) is 3.47. The second kappa shape index (κ2) is 7.46. The van der Waals surface area contributed by atoms with Crippen LogP contribution in [0.5, 0.6) is 5.75 Å². The van der Waals surface area contributed by atoms with Gasteiger partial charge in [0.15, 0.2) is 11.7 Å². The summed E-state index contributed by atoms with van der Waals surface area (Å²) >= 11 is 1.50. The van der Waals surface area contributed by atoms with E-state index in [-0.39, 0.29) is 12.5 Å². The van der Waals surface area contributed by atoms with Crippen LogP contribution in [-0.4, -0.2) is 17.5 Å². The number of fused-ring (bicyclic) bond motifs is 1. The third kappa shape index (κ3) is 3.88. The molecular weight excluding hydrogens is 344 g/mol. The molecule has 5 heteroatoms. The number of thiazole rings is 1. The third-order valence-corrected chi connectivity index (χ3v) is 5.44. The number of hydrogen-bond acceptors (Lipinski definition) is 4. The van der Waals surface area contributed by atoms with Gasteiger partial charge in [-0.1, -0.05) is 49.4 Å². The summed E-state index contributed by atoms with van der Waals surface area (Å²) in [6, 6.07) is 10.2. The normalized spacial score (nSPS) is 11.2. The fourth-order valence-electron chi connectivity index (χ4n) is 2.85. The van der Waals surface area contributed by atoms with Crippen molar-refractivity contribution < 1.29 is 9.53 Å². The smallest absolute Gasteiger partial charge is 0.264 e. The molecule has 136 valence electrons. The van der Waals surface area contributed by atoms with Crippen LogP contribution in [0.4, 0.5) is 5.13 Å². The number of nitrogens with one attached hydrogen (secondary N) is 1. The minimum atomic E-state index is -0.199. The highest BCUT2D eigenvalue weighted by atomic mass is 32.1. The van der Waals surface area contributed by atoms with Gasteiger partial charge in [-0.05, 0) is 55.0 Å². The van der Waals surface area contributed by atoms with Crippen LogP contribution in [0.15, 0.2) is 30.3 Å². The molecule has 0 bridgehead atoms. The molecule has 1 aromatic heterocycles. The van der Waals surface area contributed by atoms with Gasteiger partial charge in [0.25, 0.3) is 5.91 Å². The number of benzene rings is 2. The topological polar surface area (TPSA) is 51.2 Å². The first-order valence-corrected chi connectivity index (χ1v) is 9.56. The summed E-state index contributed by atoms with van der Waals surface area (Å²) in [5.74, 6) is 0.908. The molecule has 3 rings (SSSR count). The minimum Gasteiger partial charge on any atom is -0.483 e. The molecule has 1 N–H and O–H groups in total. The first-order chi connectivity index (χ1) is 12.3. The van der Waals surface area contributed by atoms with Crippen molar-refractivity contribution in [3.8, 4) is 5.75 Å². The van der Waals surface area contributed by atoms with E-state index in [1.807, 2.05) is 19.9 Å². The van der Waals surface area contributed by atoms with Crippen molar-refractivity contribution in [2.45, 2.75) is 40.5 Å². The number of carbonyl (C=O) groups excluding carboxylic acids is 1. The van der Waals surface area contributed by atoms with Crippen molar-refractivity contribution in [3.05, 3.63) is 52.6 Å². The summed E-state index contributed by atoms with van der Waals surface area (Å²) < 4.78 is 6.91. The lowest BCUT2D eigenvalue weighted by molar-refractivity contribution is -0.118. The number of anilines is 1. The van der Waals surface area contributed by atoms with Crippen molar-refractivity contribution in [1.82, 2.24) is 4.98 Å². The van der Waals surface area contributed by atoms with E-state index in [0.29, 0.717) is 11.0 Å². The predicted molar refractivity (Wildman–Crippen MR) is 108 cm³/mol. The molecule has 0 aliphatic heterocycles. The standard InChI is InChI=1S/C21H24N2O2S/c1-12(2)16-9-6-13(3)10-17(16)25-11-18(24)22-21-23-19-14(4)7-8-15(5)20(19)26-21/h6-10,12H,11H2,1-5H3,(H,22,23,24). The van der Waals surface area contributed by atoms with E-state index >= 15 is 0 Å². The molecule has 4 nitrogen and oxygen atoms in total. The quantitative estimate of drug-likeness (QED) is 0.659. The largest absolute Gasteiger partial charge is 0.483 e. The average Bonchev–Trinajstić information content (AvgIpc) is 3.01. The number of carbonyl (C=O) groups is 1. The van der Waals surface area contributed by atoms with Crippen molar-refractivity contribution in [2.24, 2.45) is 0 Å². The summed E-state index contributed by atoms with van der Waals surface area (Å²) in [6.07, 6.45) is 0. The monoisotopic (exact) mass is 368 g/mol. The molecule has 0 fully saturated rings. The van der Waals surface area contributed by atoms with Crippen molar-refractivity contribution in [3.63, 3.8) is 0 Å². The molecule has 0 unspecified atom stereocenters. The first kappa shape index (κ1) is 18.4. The molecule has 3 aromatic rings. The van der Waals surface area contributed by atoms with Crippen LogP contribution >= 0.6 is 11.3 Å². The van der Waals surface area contributed by atoms with Gasteiger partial charge in [-0.15, -0.1) is 0 Å². The van der Waals surface area contributed by atoms with E-state index in [4.69, 9.17) is 4.74 Å². The van der Waals surface area contributed by atoms with E-state index in [0.717, 1.165) is 32.7 Å². The zero-order chi connectivity index (χ0) is 18.8. The zero-order valence-corrected chi connectivity index (χ0v) is 16.7. The molecule has 26 heavy (non-hydrogen) atoms. The molecule has 0 radical (unpaired) electrons. The summed E-state index contributed by atoms with van der Waals surface area (Å²) in [5.41, 5.74) is 5.45. The van der Waals surface area contributed by atoms with Crippen molar-refractivity contribution in [1.29, 1.82) is 0 Å². The van der Waals surface area contributed by atoms with Gasteiger partial charge in [0.2, 0.25) is 0 Å². The Kier molecular flexibility index (Phi) is 5.28. The molecule has 0 aliphatic rings. The summed E-state index contributed by atoms with van der Waals surface area (Å²) in [4.78, 5) is 16.9. The average molecular weight is 369 g/mol. The Hall–Kier alpha value is -2.40. The number of ether oxygens (including phenoxy) is 1. The lowest BCUT2D eigenvalue weighted by atomic mass is 10.0. The van der Waals surface area contributed by atoms with Crippen LogP contribution in [-0.2, 0) is 4.79 Å². The Morgan fingerprint density at radius 3 is 2.58 bits per heavy atom. The Labute approximate surface area is 158 Å². The molecule has 1 amide bonds. The zero-order valence-electron chi connectivity index (χ0n) is 15.8. The van der Waals surface area contributed by atoms with Crippen molar-refractivity contribution in [2.75, 3.05) is 11.9 Å². The van der Waals surface area contributed by atoms with Crippen LogP contribution < -0.4 is 10.1 Å². The SMILES string of the molecule is Cc1ccc(C(C)C)c(OCC(=O)Nc2nc3c(C)ccc(C)c3s2)c1. The Morgan fingerprint density at radius 1 is 1.15 bits per heavy atom. The number of nitrogens with zero attached hydrogens (tertiary/aromatic N) is 1. The summed E-state index contributed by atoms with van der Waals surface area (Å²) in [7, 11) is 0. The molecular formula is C21H24N2O2S. The van der Waals surface area contributed by atoms with Crippen molar-refractivity contribution >= 4 is 32.6 Å². The number of aromatic nitrogens is 1. The van der Waals surface area contributed by atoms with Crippen LogP contribution in [0, 0.1) is 20.8 Å². The Balaban J connectivity index is 1.71. The Morgan fingerprint density at radius 2 is 1.88 bits per heavy atom. The first-order valence-electron chi connectivity index (χ1n) is 8.75. The van der Waals surface area contributed by atoms with E-state index in [2.05, 4.69) is 55.3 Å². The lowest BCUT2D eigenvalue weighted by Gasteiger charge is -2.14. The minimum absolute atomic E-state index is 0.0307. The number of aryl methyl sites for hydroxylation is 3. The molecule has 0 aliphatic carbocycles. The predicted octanol–water partition coefficient (Wildman–Crippen LogP) is 5.36. The number of amides is 1. The highest BCUT2D eigenvalue weighted by Gasteiger charge is 2.13. The van der Waals surface area contributed by atoms with Crippen LogP contribution in [0.2, 0.25) is 0 Å². The van der Waals surface area contributed by atoms with Crippen LogP contribution in [0.3, 0.4) is 0 Å². The lowest BCUT2D eigenvalue weighted by Crippen LogP contribution is -2.20. The van der Waals surface area contributed by atoms with Gasteiger partial charge in [0.05, 0.1) is 10.2 Å². The second-order valence-corrected chi connectivity index (χ2v) is 7.93. The maximum Gasteiger partial charge on any atom is 0.264 e. The third-order valence-electron chi connectivity index (χ3n) is 4.34. The fraction of sp³-hybridized carbons (Fsp3) is 0.333. The van der Waals surface area contributed by atoms with E-state index in [1.165, 1.54) is 16.9 Å². The van der Waals surface area contributed by atoms with Gasteiger partial charge in [0, 0.05) is 0 Å². The van der Waals surface area contributed by atoms with Gasteiger partial charge in [-0.3, -0.25) is 10.1 Å². The molecule has 2 aromatic carbocycles. The number of rotatable bonds is 5. The van der Waals surface area contributed by atoms with E-state index < -0.39 is 0 Å². The molecule has 0 atom stereocenters. The van der Waals surface area contributed by atoms with Crippen LogP contribution in [0.25, 0.3) is 10.2 Å². The van der Waals surface area contributed by atoms with Gasteiger partial charge in [-0.25, -0.2) is 4.98 Å². The molecule has 0 saturated carbocycles. The van der Waals surface area contributed by atoms with Gasteiger partial charge in [-0.2, -0.15) is 0 Å². The fourth-order valence-corrected chi connectivity index (χ4v) is 3.88. The van der Waals surface area contributed by atoms with Gasteiger partial charge < -0.3 is 4.74 Å². The van der Waals surface area contributed by atoms with E-state index in [1.54, 1.807) is 0 Å². The maximum atomic E-state index is 12.3. The Bertz CT molecular complexity index is 921. The van der Waals surface area contributed by atoms with Gasteiger partial charge in [0.1, 0.15) is 5.75 Å². The molecule has 0 saturated heterocycles. The highest BCUT2D eigenvalue weighted by molar-refractivity contribution is 7.22. The van der Waals surface area contributed by atoms with Gasteiger partial charge >= 0.3 is 0 Å². The second-order valence-electron chi connectivity index (χ2n) is 6.93. The summed E-state index contributed by atoms with van der Waals surface area (Å²) in [6.45, 7) is 10.3. The molecule has 1 heterocycles. The van der Waals surface area contributed by atoms with E-state index in [9.17, 15) is 4.79 Å². The van der Waals surface area contributed by atoms with Crippen LogP contribution in [0.1, 0.15) is 42.0 Å². The number of hydrogen-bond donors (Lipinski definition) is 1.